The van der Waals surface area contributed by atoms with Crippen molar-refractivity contribution < 1.29 is 23.5 Å². The summed E-state index contributed by atoms with van der Waals surface area (Å²) in [5.74, 6) is -3.08. The topological polar surface area (TPSA) is 105 Å². The lowest BCUT2D eigenvalue weighted by atomic mass is 10.0. The Balaban J connectivity index is 1.76. The second-order valence-corrected chi connectivity index (χ2v) is 6.50. The molecule has 29 heavy (non-hydrogen) atoms. The number of halogens is 2. The van der Waals surface area contributed by atoms with E-state index in [-0.39, 0.29) is 42.2 Å². The molecule has 0 aliphatic carbocycles. The zero-order chi connectivity index (χ0) is 20.5. The highest BCUT2D eigenvalue weighted by atomic mass is 19.1. The Morgan fingerprint density at radius 1 is 1.10 bits per heavy atom. The van der Waals surface area contributed by atoms with Gasteiger partial charge in [-0.05, 0) is 23.8 Å². The molecule has 4 rings (SSSR count). The number of carboxylic acid groups (broad SMARTS) is 1. The molecule has 146 valence electrons. The van der Waals surface area contributed by atoms with Gasteiger partial charge in [0.1, 0.15) is 11.6 Å². The fourth-order valence-electron chi connectivity index (χ4n) is 3.17. The molecule has 2 aromatic heterocycles. The first-order valence-corrected chi connectivity index (χ1v) is 8.70. The van der Waals surface area contributed by atoms with Crippen LogP contribution in [0.4, 0.5) is 8.78 Å². The zero-order valence-corrected chi connectivity index (χ0v) is 14.9. The molecule has 0 unspecified atom stereocenters. The number of fused-ring (bicyclic) bond motifs is 1. The molecule has 2 N–H and O–H groups in total. The highest BCUT2D eigenvalue weighted by Crippen LogP contribution is 2.27. The number of carbonyl (C=O) groups excluding carboxylic acids is 1. The SMILES string of the molecule is O=C(O)Cc1ccc(Cc2nc(-c3c(F)cccc3F)nc3c2C(=O)NC3)cn1. The van der Waals surface area contributed by atoms with Crippen LogP contribution in [0, 0.1) is 11.6 Å². The standard InChI is InChI=1S/C20H14F2N4O3/c21-12-2-1-3-13(22)17(12)19-25-14(18-15(26-19)9-24-20(18)29)6-10-4-5-11(23-8-10)7-16(27)28/h1-5,8H,6-7,9H2,(H,24,29)(H,27,28). The Morgan fingerprint density at radius 2 is 1.86 bits per heavy atom. The highest BCUT2D eigenvalue weighted by Gasteiger charge is 2.28. The number of benzene rings is 1. The van der Waals surface area contributed by atoms with E-state index in [1.54, 1.807) is 12.1 Å². The number of hydrogen-bond donors (Lipinski definition) is 2. The van der Waals surface area contributed by atoms with Gasteiger partial charge in [-0.2, -0.15) is 0 Å². The number of rotatable bonds is 5. The summed E-state index contributed by atoms with van der Waals surface area (Å²) in [5, 5.41) is 11.5. The third-order valence-corrected chi connectivity index (χ3v) is 4.48. The lowest BCUT2D eigenvalue weighted by Gasteiger charge is -2.10. The second kappa shape index (κ2) is 7.34. The van der Waals surface area contributed by atoms with Crippen LogP contribution < -0.4 is 5.32 Å². The summed E-state index contributed by atoms with van der Waals surface area (Å²) in [6.45, 7) is 0.141. The van der Waals surface area contributed by atoms with Gasteiger partial charge < -0.3 is 10.4 Å². The number of nitrogens with one attached hydrogen (secondary N) is 1. The quantitative estimate of drug-likeness (QED) is 0.686. The molecule has 9 heteroatoms. The number of hydrogen-bond acceptors (Lipinski definition) is 5. The van der Waals surface area contributed by atoms with E-state index in [1.807, 2.05) is 0 Å². The molecule has 0 fully saturated rings. The minimum Gasteiger partial charge on any atom is -0.481 e. The Labute approximate surface area is 163 Å². The van der Waals surface area contributed by atoms with Crippen LogP contribution in [0.1, 0.15) is 33.0 Å². The van der Waals surface area contributed by atoms with Crippen molar-refractivity contribution in [3.8, 4) is 11.4 Å². The number of carbonyl (C=O) groups is 2. The minimum absolute atomic E-state index is 0.138. The summed E-state index contributed by atoms with van der Waals surface area (Å²) >= 11 is 0. The maximum Gasteiger partial charge on any atom is 0.309 e. The molecule has 1 aliphatic rings. The number of pyridine rings is 1. The normalized spacial score (nSPS) is 12.6. The highest BCUT2D eigenvalue weighted by molar-refractivity contribution is 5.99. The van der Waals surface area contributed by atoms with Gasteiger partial charge in [-0.25, -0.2) is 18.7 Å². The van der Waals surface area contributed by atoms with Crippen molar-refractivity contribution in [1.82, 2.24) is 20.3 Å². The average Bonchev–Trinajstić information content (AvgIpc) is 3.04. The van der Waals surface area contributed by atoms with Gasteiger partial charge in [0.05, 0.1) is 41.2 Å². The molecule has 1 aliphatic heterocycles. The molecule has 1 aromatic carbocycles. The van der Waals surface area contributed by atoms with E-state index < -0.39 is 17.6 Å². The van der Waals surface area contributed by atoms with Crippen LogP contribution in [0.3, 0.4) is 0 Å². The number of nitrogens with zero attached hydrogens (tertiary/aromatic N) is 3. The lowest BCUT2D eigenvalue weighted by molar-refractivity contribution is -0.136. The summed E-state index contributed by atoms with van der Waals surface area (Å²) in [6.07, 6.45) is 1.45. The van der Waals surface area contributed by atoms with Crippen molar-refractivity contribution in [2.75, 3.05) is 0 Å². The first-order valence-electron chi connectivity index (χ1n) is 8.70. The molecular formula is C20H14F2N4O3. The average molecular weight is 396 g/mol. The fourth-order valence-corrected chi connectivity index (χ4v) is 3.17. The van der Waals surface area contributed by atoms with Crippen molar-refractivity contribution in [3.63, 3.8) is 0 Å². The Morgan fingerprint density at radius 3 is 2.52 bits per heavy atom. The molecule has 0 radical (unpaired) electrons. The van der Waals surface area contributed by atoms with Gasteiger partial charge >= 0.3 is 5.97 Å². The van der Waals surface area contributed by atoms with Gasteiger partial charge in [0.2, 0.25) is 0 Å². The molecule has 1 amide bonds. The molecule has 0 spiro atoms. The minimum atomic E-state index is -0.993. The summed E-state index contributed by atoms with van der Waals surface area (Å²) in [5.41, 5.74) is 1.66. The summed E-state index contributed by atoms with van der Waals surface area (Å²) in [7, 11) is 0. The number of amides is 1. The number of aromatic nitrogens is 3. The van der Waals surface area contributed by atoms with E-state index in [4.69, 9.17) is 5.11 Å². The van der Waals surface area contributed by atoms with Crippen LogP contribution >= 0.6 is 0 Å². The van der Waals surface area contributed by atoms with Crippen LogP contribution in [-0.4, -0.2) is 31.9 Å². The van der Waals surface area contributed by atoms with Crippen LogP contribution in [0.5, 0.6) is 0 Å². The van der Waals surface area contributed by atoms with Gasteiger partial charge in [-0.15, -0.1) is 0 Å². The smallest absolute Gasteiger partial charge is 0.309 e. The van der Waals surface area contributed by atoms with E-state index >= 15 is 0 Å². The van der Waals surface area contributed by atoms with E-state index in [0.717, 1.165) is 12.1 Å². The van der Waals surface area contributed by atoms with E-state index in [2.05, 4.69) is 20.3 Å². The Hall–Kier alpha value is -3.75. The summed E-state index contributed by atoms with van der Waals surface area (Å²) in [4.78, 5) is 35.5. The third kappa shape index (κ3) is 3.66. The monoisotopic (exact) mass is 396 g/mol. The van der Waals surface area contributed by atoms with Crippen LogP contribution in [0.2, 0.25) is 0 Å². The Bertz CT molecular complexity index is 1110. The van der Waals surface area contributed by atoms with E-state index in [9.17, 15) is 18.4 Å². The fraction of sp³-hybridized carbons (Fsp3) is 0.150. The molecular weight excluding hydrogens is 382 g/mol. The van der Waals surface area contributed by atoms with E-state index in [1.165, 1.54) is 12.3 Å². The second-order valence-electron chi connectivity index (χ2n) is 6.50. The van der Waals surface area contributed by atoms with Crippen molar-refractivity contribution in [1.29, 1.82) is 0 Å². The first-order chi connectivity index (χ1) is 13.9. The molecule has 3 aromatic rings. The summed E-state index contributed by atoms with van der Waals surface area (Å²) in [6, 6.07) is 6.72. The van der Waals surface area contributed by atoms with Gasteiger partial charge in [0.15, 0.2) is 5.82 Å². The Kier molecular flexibility index (Phi) is 4.71. The third-order valence-electron chi connectivity index (χ3n) is 4.48. The molecule has 0 saturated carbocycles. The van der Waals surface area contributed by atoms with Gasteiger partial charge in [-0.3, -0.25) is 14.6 Å². The summed E-state index contributed by atoms with van der Waals surface area (Å²) < 4.78 is 28.4. The number of aliphatic carboxylic acids is 1. The molecule has 0 bridgehead atoms. The number of carboxylic acids is 1. The van der Waals surface area contributed by atoms with E-state index in [0.29, 0.717) is 22.6 Å². The maximum atomic E-state index is 14.2. The van der Waals surface area contributed by atoms with Crippen LogP contribution in [0.15, 0.2) is 36.5 Å². The lowest BCUT2D eigenvalue weighted by Crippen LogP contribution is -2.15. The van der Waals surface area contributed by atoms with Crippen molar-refractivity contribution in [2.24, 2.45) is 0 Å². The van der Waals surface area contributed by atoms with Gasteiger partial charge in [-0.1, -0.05) is 12.1 Å². The van der Waals surface area contributed by atoms with Crippen molar-refractivity contribution >= 4 is 11.9 Å². The molecule has 0 atom stereocenters. The van der Waals surface area contributed by atoms with Gasteiger partial charge in [0.25, 0.3) is 5.91 Å². The van der Waals surface area contributed by atoms with Crippen LogP contribution in [0.25, 0.3) is 11.4 Å². The van der Waals surface area contributed by atoms with Gasteiger partial charge in [0, 0.05) is 12.6 Å². The first kappa shape index (κ1) is 18.6. The van der Waals surface area contributed by atoms with Crippen molar-refractivity contribution in [2.45, 2.75) is 19.4 Å². The predicted molar refractivity (Wildman–Crippen MR) is 96.9 cm³/mol. The predicted octanol–water partition coefficient (Wildman–Crippen LogP) is 2.28. The molecule has 3 heterocycles. The largest absolute Gasteiger partial charge is 0.481 e. The molecule has 0 saturated heterocycles. The van der Waals surface area contributed by atoms with Crippen LogP contribution in [-0.2, 0) is 24.2 Å². The van der Waals surface area contributed by atoms with Crippen molar-refractivity contribution in [3.05, 3.63) is 76.4 Å². The molecule has 7 nitrogen and oxygen atoms in total. The zero-order valence-electron chi connectivity index (χ0n) is 14.9. The maximum absolute atomic E-state index is 14.2.